The van der Waals surface area contributed by atoms with Crippen LogP contribution >= 0.6 is 0 Å². The monoisotopic (exact) mass is 292 g/mol. The molecule has 0 aliphatic rings. The van der Waals surface area contributed by atoms with Crippen LogP contribution in [-0.2, 0) is 11.2 Å². The Kier molecular flexibility index (Phi) is 7.25. The molecule has 0 atom stereocenters. The molecule has 21 heavy (non-hydrogen) atoms. The number of oxime groups is 1. The molecule has 6 heteroatoms. The number of benzene rings is 1. The number of hydrogen-bond donors (Lipinski definition) is 3. The molecule has 0 fully saturated rings. The lowest BCUT2D eigenvalue weighted by atomic mass is 10.1. The molecule has 0 bridgehead atoms. The average Bonchev–Trinajstić information content (AvgIpc) is 2.46. The summed E-state index contributed by atoms with van der Waals surface area (Å²) in [5, 5.41) is 14.4. The minimum atomic E-state index is 0.0106. The second-order valence-corrected chi connectivity index (χ2v) is 5.22. The molecule has 1 amide bonds. The van der Waals surface area contributed by atoms with Crippen LogP contribution in [0.1, 0.15) is 24.0 Å². The van der Waals surface area contributed by atoms with Gasteiger partial charge in [0, 0.05) is 12.1 Å². The van der Waals surface area contributed by atoms with Crippen molar-refractivity contribution in [3.63, 3.8) is 0 Å². The molecule has 6 nitrogen and oxygen atoms in total. The van der Waals surface area contributed by atoms with E-state index in [9.17, 15) is 4.79 Å². The van der Waals surface area contributed by atoms with Crippen LogP contribution < -0.4 is 11.1 Å². The first-order valence-corrected chi connectivity index (χ1v) is 7.01. The van der Waals surface area contributed by atoms with Gasteiger partial charge >= 0.3 is 0 Å². The quantitative estimate of drug-likeness (QED) is 0.217. The Bertz CT molecular complexity index is 469. The average molecular weight is 292 g/mol. The lowest BCUT2D eigenvalue weighted by Crippen LogP contribution is -2.26. The van der Waals surface area contributed by atoms with Crippen molar-refractivity contribution in [3.05, 3.63) is 35.4 Å². The molecule has 0 radical (unpaired) electrons. The van der Waals surface area contributed by atoms with Crippen molar-refractivity contribution >= 4 is 11.7 Å². The predicted octanol–water partition coefficient (Wildman–Crippen LogP) is 0.782. The molecule has 0 saturated carbocycles. The van der Waals surface area contributed by atoms with Crippen molar-refractivity contribution in [3.8, 4) is 0 Å². The number of unbranched alkanes of at least 4 members (excludes halogenated alkanes) is 1. The van der Waals surface area contributed by atoms with Gasteiger partial charge in [-0.1, -0.05) is 29.4 Å². The Morgan fingerprint density at radius 3 is 2.52 bits per heavy atom. The highest BCUT2D eigenvalue weighted by molar-refractivity contribution is 5.97. The zero-order chi connectivity index (χ0) is 15.7. The lowest BCUT2D eigenvalue weighted by Gasteiger charge is -2.09. The van der Waals surface area contributed by atoms with Gasteiger partial charge in [0.1, 0.15) is 0 Å². The van der Waals surface area contributed by atoms with Crippen LogP contribution in [0.3, 0.4) is 0 Å². The maximum atomic E-state index is 11.8. The summed E-state index contributed by atoms with van der Waals surface area (Å²) in [6.45, 7) is 1.74. The molecule has 0 aliphatic carbocycles. The maximum absolute atomic E-state index is 11.8. The Morgan fingerprint density at radius 1 is 1.29 bits per heavy atom. The number of amides is 1. The van der Waals surface area contributed by atoms with E-state index in [1.54, 1.807) is 24.3 Å². The fourth-order valence-electron chi connectivity index (χ4n) is 1.88. The fourth-order valence-corrected chi connectivity index (χ4v) is 1.88. The summed E-state index contributed by atoms with van der Waals surface area (Å²) < 4.78 is 0. The van der Waals surface area contributed by atoms with E-state index < -0.39 is 0 Å². The fraction of sp³-hybridized carbons (Fsp3) is 0.467. The number of nitrogens with one attached hydrogen (secondary N) is 1. The van der Waals surface area contributed by atoms with E-state index in [1.165, 1.54) is 0 Å². The number of carbonyl (C=O) groups is 1. The van der Waals surface area contributed by atoms with E-state index in [1.807, 2.05) is 14.1 Å². The highest BCUT2D eigenvalue weighted by Crippen LogP contribution is 2.05. The molecule has 0 unspecified atom stereocenters. The van der Waals surface area contributed by atoms with Gasteiger partial charge in [0.2, 0.25) is 5.91 Å². The van der Waals surface area contributed by atoms with E-state index >= 15 is 0 Å². The molecule has 0 heterocycles. The molecule has 4 N–H and O–H groups in total. The number of rotatable bonds is 8. The highest BCUT2D eigenvalue weighted by atomic mass is 16.4. The first-order chi connectivity index (χ1) is 10.0. The van der Waals surface area contributed by atoms with E-state index in [0.717, 1.165) is 24.9 Å². The van der Waals surface area contributed by atoms with Crippen LogP contribution in [-0.4, -0.2) is 49.0 Å². The third kappa shape index (κ3) is 6.76. The summed E-state index contributed by atoms with van der Waals surface area (Å²) in [6, 6.07) is 7.07. The van der Waals surface area contributed by atoms with Crippen molar-refractivity contribution in [1.82, 2.24) is 10.2 Å². The van der Waals surface area contributed by atoms with E-state index in [-0.39, 0.29) is 11.7 Å². The number of carbonyl (C=O) groups excluding carboxylic acids is 1. The Hall–Kier alpha value is -2.08. The third-order valence-corrected chi connectivity index (χ3v) is 3.08. The topological polar surface area (TPSA) is 91.0 Å². The minimum absolute atomic E-state index is 0.0106. The van der Waals surface area contributed by atoms with Gasteiger partial charge < -0.3 is 21.2 Å². The molecule has 0 aliphatic heterocycles. The van der Waals surface area contributed by atoms with Crippen LogP contribution in [0, 0.1) is 0 Å². The Balaban J connectivity index is 2.31. The molecule has 0 spiro atoms. The molecule has 1 aromatic carbocycles. The zero-order valence-corrected chi connectivity index (χ0v) is 12.7. The van der Waals surface area contributed by atoms with E-state index in [2.05, 4.69) is 15.4 Å². The summed E-state index contributed by atoms with van der Waals surface area (Å²) in [4.78, 5) is 13.9. The van der Waals surface area contributed by atoms with Crippen LogP contribution in [0.15, 0.2) is 29.4 Å². The first-order valence-electron chi connectivity index (χ1n) is 7.01. The lowest BCUT2D eigenvalue weighted by molar-refractivity contribution is -0.120. The molecule has 1 aromatic rings. The van der Waals surface area contributed by atoms with Gasteiger partial charge in [0.25, 0.3) is 0 Å². The summed E-state index contributed by atoms with van der Waals surface area (Å²) >= 11 is 0. The second kappa shape index (κ2) is 8.97. The van der Waals surface area contributed by atoms with Crippen LogP contribution in [0.5, 0.6) is 0 Å². The van der Waals surface area contributed by atoms with Gasteiger partial charge in [-0.3, -0.25) is 4.79 Å². The van der Waals surface area contributed by atoms with Crippen molar-refractivity contribution in [1.29, 1.82) is 0 Å². The van der Waals surface area contributed by atoms with Crippen molar-refractivity contribution < 1.29 is 10.0 Å². The number of nitrogens with zero attached hydrogens (tertiary/aromatic N) is 2. The number of hydrogen-bond acceptors (Lipinski definition) is 4. The minimum Gasteiger partial charge on any atom is -0.409 e. The van der Waals surface area contributed by atoms with Gasteiger partial charge in [-0.05, 0) is 39.0 Å². The SMILES string of the molecule is CN(C)CCCCNC(=O)Cc1ccc(C(N)=NO)cc1. The molecule has 0 aromatic heterocycles. The van der Waals surface area contributed by atoms with Crippen molar-refractivity contribution in [2.75, 3.05) is 27.2 Å². The first kappa shape index (κ1) is 17.0. The van der Waals surface area contributed by atoms with E-state index in [4.69, 9.17) is 10.9 Å². The van der Waals surface area contributed by atoms with Crippen molar-refractivity contribution in [2.45, 2.75) is 19.3 Å². The van der Waals surface area contributed by atoms with Gasteiger partial charge in [0.05, 0.1) is 6.42 Å². The summed E-state index contributed by atoms with van der Waals surface area (Å²) in [5.41, 5.74) is 7.01. The van der Waals surface area contributed by atoms with Crippen LogP contribution in [0.25, 0.3) is 0 Å². The smallest absolute Gasteiger partial charge is 0.224 e. The normalized spacial score (nSPS) is 11.7. The van der Waals surface area contributed by atoms with E-state index in [0.29, 0.717) is 18.5 Å². The molecule has 1 rings (SSSR count). The third-order valence-electron chi connectivity index (χ3n) is 3.08. The summed E-state index contributed by atoms with van der Waals surface area (Å²) in [6.07, 6.45) is 2.39. The summed E-state index contributed by atoms with van der Waals surface area (Å²) in [7, 11) is 4.08. The van der Waals surface area contributed by atoms with Gasteiger partial charge in [-0.25, -0.2) is 0 Å². The second-order valence-electron chi connectivity index (χ2n) is 5.22. The highest BCUT2D eigenvalue weighted by Gasteiger charge is 2.04. The molecule has 116 valence electrons. The largest absolute Gasteiger partial charge is 0.409 e. The van der Waals surface area contributed by atoms with Crippen LogP contribution in [0.4, 0.5) is 0 Å². The predicted molar refractivity (Wildman–Crippen MR) is 83.5 cm³/mol. The Morgan fingerprint density at radius 2 is 1.95 bits per heavy atom. The van der Waals surface area contributed by atoms with Gasteiger partial charge in [-0.15, -0.1) is 0 Å². The number of nitrogens with two attached hydrogens (primary N) is 1. The van der Waals surface area contributed by atoms with Crippen LogP contribution in [0.2, 0.25) is 0 Å². The standard InChI is InChI=1S/C15H24N4O2/c1-19(2)10-4-3-9-17-14(20)11-12-5-7-13(8-6-12)15(16)18-21/h5-8,21H,3-4,9-11H2,1-2H3,(H2,16,18)(H,17,20). The summed E-state index contributed by atoms with van der Waals surface area (Å²) in [5.74, 6) is 0.0725. The van der Waals surface area contributed by atoms with Gasteiger partial charge in [-0.2, -0.15) is 0 Å². The maximum Gasteiger partial charge on any atom is 0.224 e. The molecular weight excluding hydrogens is 268 g/mol. The van der Waals surface area contributed by atoms with Crippen molar-refractivity contribution in [2.24, 2.45) is 10.9 Å². The number of amidine groups is 1. The molecular formula is C15H24N4O2. The molecule has 0 saturated heterocycles. The Labute approximate surface area is 125 Å². The zero-order valence-electron chi connectivity index (χ0n) is 12.7. The van der Waals surface area contributed by atoms with Gasteiger partial charge in [0.15, 0.2) is 5.84 Å².